The first-order valence-electron chi connectivity index (χ1n) is 6.19. The molecule has 1 saturated heterocycles. The second-order valence-corrected chi connectivity index (χ2v) is 4.57. The number of ether oxygens (including phenoxy) is 1. The fraction of sp³-hybridized carbons (Fsp3) is 0.385. The molecule has 0 saturated carbocycles. The highest BCUT2D eigenvalue weighted by molar-refractivity contribution is 5.99. The molecule has 2 atom stereocenters. The summed E-state index contributed by atoms with van der Waals surface area (Å²) in [6, 6.07) is 3.99. The number of aliphatic carboxylic acids is 1. The Hall–Kier alpha value is -2.15. The molecule has 0 spiro atoms. The fourth-order valence-corrected chi connectivity index (χ4v) is 2.07. The van der Waals surface area contributed by atoms with Gasteiger partial charge in [-0.2, -0.15) is 0 Å². The van der Waals surface area contributed by atoms with Crippen LogP contribution in [0.1, 0.15) is 23.2 Å². The molecule has 2 rings (SSSR count). The summed E-state index contributed by atoms with van der Waals surface area (Å²) in [5.41, 5.74) is 5.33. The van der Waals surface area contributed by atoms with E-state index in [-0.39, 0.29) is 23.9 Å². The molecular formula is C13H15FN2O4. The molecule has 1 amide bonds. The molecule has 108 valence electrons. The topological polar surface area (TPSA) is 102 Å². The van der Waals surface area contributed by atoms with Crippen LogP contribution >= 0.6 is 0 Å². The molecule has 1 aliphatic heterocycles. The Bertz CT molecular complexity index is 535. The molecule has 0 aromatic heterocycles. The van der Waals surface area contributed by atoms with E-state index in [0.717, 1.165) is 0 Å². The van der Waals surface area contributed by atoms with Crippen LogP contribution in [-0.2, 0) is 9.53 Å². The zero-order chi connectivity index (χ0) is 14.7. The van der Waals surface area contributed by atoms with E-state index in [9.17, 15) is 14.0 Å². The average molecular weight is 282 g/mol. The summed E-state index contributed by atoms with van der Waals surface area (Å²) in [5, 5.41) is 11.3. The van der Waals surface area contributed by atoms with Gasteiger partial charge in [0.1, 0.15) is 5.82 Å². The molecule has 4 N–H and O–H groups in total. The van der Waals surface area contributed by atoms with Crippen LogP contribution in [0, 0.1) is 5.82 Å². The summed E-state index contributed by atoms with van der Waals surface area (Å²) in [6.45, 7) is 0.165. The summed E-state index contributed by atoms with van der Waals surface area (Å²) in [5.74, 6) is -2.17. The normalized spacial score (nSPS) is 21.6. The molecule has 1 aromatic rings. The van der Waals surface area contributed by atoms with E-state index in [1.54, 1.807) is 0 Å². The Morgan fingerprint density at radius 2 is 2.20 bits per heavy atom. The number of nitrogens with two attached hydrogens (primary N) is 1. The maximum atomic E-state index is 13.2. The molecule has 0 bridgehead atoms. The van der Waals surface area contributed by atoms with E-state index in [1.807, 2.05) is 0 Å². The zero-order valence-electron chi connectivity index (χ0n) is 10.6. The van der Waals surface area contributed by atoms with E-state index in [1.165, 1.54) is 18.2 Å². The number of halogens is 1. The lowest BCUT2D eigenvalue weighted by Crippen LogP contribution is -2.33. The van der Waals surface area contributed by atoms with Crippen molar-refractivity contribution in [3.8, 4) is 0 Å². The van der Waals surface area contributed by atoms with Crippen LogP contribution in [0.5, 0.6) is 0 Å². The highest BCUT2D eigenvalue weighted by Gasteiger charge is 2.30. The minimum absolute atomic E-state index is 0.0535. The van der Waals surface area contributed by atoms with Gasteiger partial charge in [-0.25, -0.2) is 9.18 Å². The molecule has 1 aromatic carbocycles. The maximum Gasteiger partial charge on any atom is 0.332 e. The molecule has 1 aliphatic rings. The smallest absolute Gasteiger partial charge is 0.332 e. The van der Waals surface area contributed by atoms with Crippen molar-refractivity contribution in [2.45, 2.75) is 25.0 Å². The lowest BCUT2D eigenvalue weighted by Gasteiger charge is -2.13. The number of benzene rings is 1. The van der Waals surface area contributed by atoms with Crippen LogP contribution in [0.2, 0.25) is 0 Å². The summed E-state index contributed by atoms with van der Waals surface area (Å²) in [6.07, 6.45) is -0.209. The summed E-state index contributed by atoms with van der Waals surface area (Å²) < 4.78 is 18.5. The molecule has 20 heavy (non-hydrogen) atoms. The van der Waals surface area contributed by atoms with Crippen molar-refractivity contribution in [2.75, 3.05) is 12.3 Å². The van der Waals surface area contributed by atoms with Gasteiger partial charge in [-0.05, 0) is 25.0 Å². The first-order valence-corrected chi connectivity index (χ1v) is 6.19. The lowest BCUT2D eigenvalue weighted by atomic mass is 10.1. The predicted molar refractivity (Wildman–Crippen MR) is 68.7 cm³/mol. The van der Waals surface area contributed by atoms with Crippen molar-refractivity contribution in [3.05, 3.63) is 29.6 Å². The number of hydrogen-bond donors (Lipinski definition) is 3. The van der Waals surface area contributed by atoms with Crippen molar-refractivity contribution in [1.29, 1.82) is 0 Å². The van der Waals surface area contributed by atoms with Crippen LogP contribution in [-0.4, -0.2) is 35.7 Å². The first-order chi connectivity index (χ1) is 9.49. The third-order valence-electron chi connectivity index (χ3n) is 3.17. The molecule has 1 fully saturated rings. The van der Waals surface area contributed by atoms with Gasteiger partial charge in [0, 0.05) is 6.54 Å². The molecule has 2 unspecified atom stereocenters. The fourth-order valence-electron chi connectivity index (χ4n) is 2.07. The first kappa shape index (κ1) is 14.3. The van der Waals surface area contributed by atoms with Gasteiger partial charge in [0.15, 0.2) is 6.10 Å². The number of hydrogen-bond acceptors (Lipinski definition) is 4. The van der Waals surface area contributed by atoms with Crippen LogP contribution in [0.3, 0.4) is 0 Å². The van der Waals surface area contributed by atoms with Crippen LogP contribution in [0.15, 0.2) is 18.2 Å². The highest BCUT2D eigenvalue weighted by atomic mass is 19.1. The van der Waals surface area contributed by atoms with Crippen molar-refractivity contribution in [1.82, 2.24) is 5.32 Å². The Morgan fingerprint density at radius 1 is 1.45 bits per heavy atom. The van der Waals surface area contributed by atoms with Gasteiger partial charge in [-0.1, -0.05) is 6.07 Å². The monoisotopic (exact) mass is 282 g/mol. The van der Waals surface area contributed by atoms with Crippen molar-refractivity contribution >= 4 is 17.6 Å². The number of carboxylic acids is 1. The predicted octanol–water partition coefficient (Wildman–Crippen LogP) is 0.770. The Kier molecular flexibility index (Phi) is 4.19. The number of anilines is 1. The van der Waals surface area contributed by atoms with Crippen molar-refractivity contribution in [3.63, 3.8) is 0 Å². The number of nitrogen functional groups attached to an aromatic ring is 1. The number of carboxylic acid groups (broad SMARTS) is 1. The second-order valence-electron chi connectivity index (χ2n) is 4.57. The SMILES string of the molecule is Nc1c(F)cccc1C(=O)NCC1CCC(C(=O)O)O1. The van der Waals surface area contributed by atoms with E-state index < -0.39 is 23.8 Å². The summed E-state index contributed by atoms with van der Waals surface area (Å²) in [7, 11) is 0. The molecule has 6 nitrogen and oxygen atoms in total. The van der Waals surface area contributed by atoms with Gasteiger partial charge in [0.05, 0.1) is 17.4 Å². The van der Waals surface area contributed by atoms with Crippen molar-refractivity contribution in [2.24, 2.45) is 0 Å². The van der Waals surface area contributed by atoms with Crippen LogP contribution < -0.4 is 11.1 Å². The molecular weight excluding hydrogens is 267 g/mol. The average Bonchev–Trinajstić information content (AvgIpc) is 2.88. The van der Waals surface area contributed by atoms with E-state index >= 15 is 0 Å². The van der Waals surface area contributed by atoms with Gasteiger partial charge in [-0.3, -0.25) is 4.79 Å². The Balaban J connectivity index is 1.90. The molecule has 7 heteroatoms. The minimum Gasteiger partial charge on any atom is -0.479 e. The van der Waals surface area contributed by atoms with Gasteiger partial charge in [-0.15, -0.1) is 0 Å². The summed E-state index contributed by atoms with van der Waals surface area (Å²) >= 11 is 0. The van der Waals surface area contributed by atoms with Crippen LogP contribution in [0.4, 0.5) is 10.1 Å². The highest BCUT2D eigenvalue weighted by Crippen LogP contribution is 2.20. The number of rotatable bonds is 4. The van der Waals surface area contributed by atoms with Gasteiger partial charge >= 0.3 is 5.97 Å². The van der Waals surface area contributed by atoms with Gasteiger partial charge < -0.3 is 20.9 Å². The van der Waals surface area contributed by atoms with E-state index in [2.05, 4.69) is 5.32 Å². The molecule has 0 radical (unpaired) electrons. The Morgan fingerprint density at radius 3 is 2.85 bits per heavy atom. The molecule has 0 aliphatic carbocycles. The van der Waals surface area contributed by atoms with Crippen LogP contribution in [0.25, 0.3) is 0 Å². The minimum atomic E-state index is -1.01. The number of carbonyl (C=O) groups is 2. The Labute approximate surface area is 114 Å². The van der Waals surface area contributed by atoms with E-state index in [0.29, 0.717) is 12.8 Å². The maximum absolute atomic E-state index is 13.2. The third-order valence-corrected chi connectivity index (χ3v) is 3.17. The lowest BCUT2D eigenvalue weighted by molar-refractivity contribution is -0.149. The van der Waals surface area contributed by atoms with E-state index in [4.69, 9.17) is 15.6 Å². The van der Waals surface area contributed by atoms with Crippen molar-refractivity contribution < 1.29 is 23.8 Å². The largest absolute Gasteiger partial charge is 0.479 e. The standard InChI is InChI=1S/C13H15FN2O4/c14-9-3-1-2-8(11(9)15)12(17)16-6-7-4-5-10(20-7)13(18)19/h1-3,7,10H,4-6,15H2,(H,16,17)(H,18,19). The summed E-state index contributed by atoms with van der Waals surface area (Å²) in [4.78, 5) is 22.6. The van der Waals surface area contributed by atoms with Gasteiger partial charge in [0.25, 0.3) is 5.91 Å². The number of nitrogens with one attached hydrogen (secondary N) is 1. The second kappa shape index (κ2) is 5.87. The zero-order valence-corrected chi connectivity index (χ0v) is 10.6. The third kappa shape index (κ3) is 3.05. The number of amides is 1. The molecule has 1 heterocycles. The van der Waals surface area contributed by atoms with Gasteiger partial charge in [0.2, 0.25) is 0 Å². The quantitative estimate of drug-likeness (QED) is 0.708. The number of carbonyl (C=O) groups excluding carboxylic acids is 1. The number of para-hydroxylation sites is 1.